The summed E-state index contributed by atoms with van der Waals surface area (Å²) in [7, 11) is 0. The molecule has 0 radical (unpaired) electrons. The van der Waals surface area contributed by atoms with Crippen molar-refractivity contribution in [3.63, 3.8) is 0 Å². The molecule has 1 heteroatoms. The van der Waals surface area contributed by atoms with Crippen LogP contribution in [0.1, 0.15) is 49.8 Å². The van der Waals surface area contributed by atoms with Gasteiger partial charge in [0.1, 0.15) is 0 Å². The fraction of sp³-hybridized carbons (Fsp3) is 0.600. The highest BCUT2D eigenvalue weighted by Gasteiger charge is 2.02. The number of nitrogens with two attached hydrogens (primary N) is 1. The molecule has 0 amide bonds. The first kappa shape index (κ1) is 13.2. The lowest BCUT2D eigenvalue weighted by Gasteiger charge is -2.09. The number of benzene rings is 1. The summed E-state index contributed by atoms with van der Waals surface area (Å²) in [5, 5.41) is 0. The van der Waals surface area contributed by atoms with Crippen molar-refractivity contribution in [3.8, 4) is 0 Å². The van der Waals surface area contributed by atoms with Gasteiger partial charge in [0.2, 0.25) is 0 Å². The van der Waals surface area contributed by atoms with E-state index in [1.807, 2.05) is 0 Å². The van der Waals surface area contributed by atoms with Gasteiger partial charge in [-0.3, -0.25) is 0 Å². The molecule has 1 nitrogen and oxygen atoms in total. The van der Waals surface area contributed by atoms with Crippen LogP contribution < -0.4 is 5.73 Å². The Morgan fingerprint density at radius 3 is 2.38 bits per heavy atom. The molecule has 0 heterocycles. The average molecular weight is 219 g/mol. The van der Waals surface area contributed by atoms with Gasteiger partial charge in [0, 0.05) is 0 Å². The van der Waals surface area contributed by atoms with Gasteiger partial charge >= 0.3 is 0 Å². The van der Waals surface area contributed by atoms with Crippen molar-refractivity contribution in [2.75, 3.05) is 6.54 Å². The summed E-state index contributed by atoms with van der Waals surface area (Å²) in [5.41, 5.74) is 10.0. The van der Waals surface area contributed by atoms with E-state index in [0.29, 0.717) is 0 Å². The molecule has 90 valence electrons. The Hall–Kier alpha value is -0.820. The van der Waals surface area contributed by atoms with Gasteiger partial charge in [0.05, 0.1) is 0 Å². The Morgan fingerprint density at radius 1 is 0.938 bits per heavy atom. The Bertz CT molecular complexity index is 304. The van der Waals surface area contributed by atoms with Crippen LogP contribution in [0.25, 0.3) is 0 Å². The zero-order valence-corrected chi connectivity index (χ0v) is 10.8. The van der Waals surface area contributed by atoms with Gasteiger partial charge in [0.25, 0.3) is 0 Å². The molecule has 0 atom stereocenters. The predicted molar refractivity (Wildman–Crippen MR) is 71.8 cm³/mol. The zero-order chi connectivity index (χ0) is 11.8. The predicted octanol–water partition coefficient (Wildman–Crippen LogP) is 3.48. The molecule has 0 bridgehead atoms. The fourth-order valence-corrected chi connectivity index (χ4v) is 2.11. The van der Waals surface area contributed by atoms with Crippen LogP contribution in [0.2, 0.25) is 0 Å². The number of hydrogen-bond donors (Lipinski definition) is 1. The van der Waals surface area contributed by atoms with Crippen LogP contribution >= 0.6 is 0 Å². The summed E-state index contributed by atoms with van der Waals surface area (Å²) in [5.74, 6) is 0. The minimum Gasteiger partial charge on any atom is -0.330 e. The summed E-state index contributed by atoms with van der Waals surface area (Å²) in [6.07, 6.45) is 7.20. The van der Waals surface area contributed by atoms with Crippen LogP contribution in [-0.4, -0.2) is 6.54 Å². The van der Waals surface area contributed by atoms with E-state index < -0.39 is 0 Å². The number of rotatable bonds is 7. The third kappa shape index (κ3) is 3.97. The molecular weight excluding hydrogens is 194 g/mol. The van der Waals surface area contributed by atoms with Crippen LogP contribution in [0, 0.1) is 0 Å². The first-order chi connectivity index (χ1) is 7.81. The molecule has 2 N–H and O–H groups in total. The highest BCUT2D eigenvalue weighted by atomic mass is 14.5. The van der Waals surface area contributed by atoms with Crippen LogP contribution in [0.3, 0.4) is 0 Å². The Morgan fingerprint density at radius 2 is 1.75 bits per heavy atom. The highest BCUT2D eigenvalue weighted by molar-refractivity contribution is 5.32. The minimum atomic E-state index is 0.829. The third-order valence-corrected chi connectivity index (χ3v) is 3.21. The maximum Gasteiger partial charge on any atom is -0.00773 e. The summed E-state index contributed by atoms with van der Waals surface area (Å²) >= 11 is 0. The van der Waals surface area contributed by atoms with E-state index in [9.17, 15) is 0 Å². The molecule has 16 heavy (non-hydrogen) atoms. The average Bonchev–Trinajstić information content (AvgIpc) is 2.34. The van der Waals surface area contributed by atoms with E-state index in [0.717, 1.165) is 25.8 Å². The van der Waals surface area contributed by atoms with Crippen LogP contribution in [0.5, 0.6) is 0 Å². The van der Waals surface area contributed by atoms with Gasteiger partial charge in [-0.1, -0.05) is 38.5 Å². The number of unbranched alkanes of at least 4 members (excludes halogenated alkanes) is 2. The summed E-state index contributed by atoms with van der Waals surface area (Å²) < 4.78 is 0. The summed E-state index contributed by atoms with van der Waals surface area (Å²) in [4.78, 5) is 0. The van der Waals surface area contributed by atoms with Crippen LogP contribution in [0.15, 0.2) is 18.2 Å². The fourth-order valence-electron chi connectivity index (χ4n) is 2.11. The quantitative estimate of drug-likeness (QED) is 0.698. The summed E-state index contributed by atoms with van der Waals surface area (Å²) in [6.45, 7) is 5.29. The van der Waals surface area contributed by atoms with Crippen molar-refractivity contribution in [2.45, 2.75) is 52.4 Å². The Balaban J connectivity index is 2.60. The normalized spacial score (nSPS) is 10.7. The van der Waals surface area contributed by atoms with E-state index >= 15 is 0 Å². The Labute approximate surface area is 100 Å². The first-order valence-corrected chi connectivity index (χ1v) is 6.62. The number of aryl methyl sites for hydroxylation is 3. The standard InChI is InChI=1S/C15H25N/c1-3-13-9-10-14(4-2)15(12-13)8-6-5-7-11-16/h9-10,12H,3-8,11,16H2,1-2H3. The smallest absolute Gasteiger partial charge is 0.00773 e. The molecule has 0 saturated heterocycles. The van der Waals surface area contributed by atoms with E-state index in [1.54, 1.807) is 5.56 Å². The maximum absolute atomic E-state index is 5.51. The molecule has 0 spiro atoms. The molecule has 0 aromatic heterocycles. The van der Waals surface area contributed by atoms with E-state index in [1.165, 1.54) is 30.4 Å². The molecule has 0 aliphatic rings. The molecular formula is C15H25N. The van der Waals surface area contributed by atoms with Crippen molar-refractivity contribution >= 4 is 0 Å². The van der Waals surface area contributed by atoms with Gasteiger partial charge in [-0.2, -0.15) is 0 Å². The van der Waals surface area contributed by atoms with E-state index in [-0.39, 0.29) is 0 Å². The Kier molecular flexibility index (Phi) is 6.17. The van der Waals surface area contributed by atoms with Crippen molar-refractivity contribution in [1.82, 2.24) is 0 Å². The van der Waals surface area contributed by atoms with Crippen molar-refractivity contribution < 1.29 is 0 Å². The van der Waals surface area contributed by atoms with Gasteiger partial charge in [-0.05, 0) is 55.3 Å². The third-order valence-electron chi connectivity index (χ3n) is 3.21. The molecule has 1 rings (SSSR count). The molecule has 0 aliphatic heterocycles. The van der Waals surface area contributed by atoms with Crippen molar-refractivity contribution in [2.24, 2.45) is 5.73 Å². The highest BCUT2D eigenvalue weighted by Crippen LogP contribution is 2.16. The van der Waals surface area contributed by atoms with Gasteiger partial charge < -0.3 is 5.73 Å². The molecule has 0 saturated carbocycles. The monoisotopic (exact) mass is 219 g/mol. The lowest BCUT2D eigenvalue weighted by molar-refractivity contribution is 0.683. The molecule has 0 fully saturated rings. The second-order valence-electron chi connectivity index (χ2n) is 4.41. The zero-order valence-electron chi connectivity index (χ0n) is 10.8. The second kappa shape index (κ2) is 7.45. The van der Waals surface area contributed by atoms with E-state index in [4.69, 9.17) is 5.73 Å². The van der Waals surface area contributed by atoms with Crippen LogP contribution in [0.4, 0.5) is 0 Å². The molecule has 1 aromatic rings. The van der Waals surface area contributed by atoms with E-state index in [2.05, 4.69) is 32.0 Å². The van der Waals surface area contributed by atoms with Crippen LogP contribution in [-0.2, 0) is 19.3 Å². The first-order valence-electron chi connectivity index (χ1n) is 6.62. The topological polar surface area (TPSA) is 26.0 Å². The van der Waals surface area contributed by atoms with Crippen molar-refractivity contribution in [3.05, 3.63) is 34.9 Å². The van der Waals surface area contributed by atoms with Gasteiger partial charge in [0.15, 0.2) is 0 Å². The lowest BCUT2D eigenvalue weighted by Crippen LogP contribution is -1.99. The number of hydrogen-bond acceptors (Lipinski definition) is 1. The largest absolute Gasteiger partial charge is 0.330 e. The maximum atomic E-state index is 5.51. The molecule has 0 aliphatic carbocycles. The molecule has 1 aromatic carbocycles. The van der Waals surface area contributed by atoms with Gasteiger partial charge in [-0.25, -0.2) is 0 Å². The lowest BCUT2D eigenvalue weighted by atomic mass is 9.96. The second-order valence-corrected chi connectivity index (χ2v) is 4.41. The van der Waals surface area contributed by atoms with Gasteiger partial charge in [-0.15, -0.1) is 0 Å². The minimum absolute atomic E-state index is 0.829. The van der Waals surface area contributed by atoms with Crippen molar-refractivity contribution in [1.29, 1.82) is 0 Å². The SMILES string of the molecule is CCc1ccc(CC)c(CCCCCN)c1. The summed E-state index contributed by atoms with van der Waals surface area (Å²) in [6, 6.07) is 6.96. The molecule has 0 unspecified atom stereocenters.